The number of nitrogens with one attached hydrogen (secondary N) is 1. The van der Waals surface area contributed by atoms with E-state index in [1.807, 2.05) is 0 Å². The van der Waals surface area contributed by atoms with Crippen LogP contribution in [0, 0.1) is 5.92 Å². The maximum Gasteiger partial charge on any atom is 0.0474 e. The van der Waals surface area contributed by atoms with Gasteiger partial charge in [-0.3, -0.25) is 0 Å². The summed E-state index contributed by atoms with van der Waals surface area (Å²) in [4.78, 5) is 2.57. The Labute approximate surface area is 94.2 Å². The minimum absolute atomic E-state index is 0.730. The minimum Gasteiger partial charge on any atom is -0.385 e. The molecule has 3 heteroatoms. The predicted octanol–water partition coefficient (Wildman–Crippen LogP) is 1.34. The van der Waals surface area contributed by atoms with Gasteiger partial charge in [0.15, 0.2) is 0 Å². The van der Waals surface area contributed by atoms with Crippen LogP contribution < -0.4 is 5.32 Å². The largest absolute Gasteiger partial charge is 0.385 e. The average Bonchev–Trinajstić information content (AvgIpc) is 2.23. The predicted molar refractivity (Wildman–Crippen MR) is 64.2 cm³/mol. The Balaban J connectivity index is 2.18. The molecule has 1 rings (SSSR count). The Morgan fingerprint density at radius 3 is 2.87 bits per heavy atom. The van der Waals surface area contributed by atoms with Crippen molar-refractivity contribution in [3.8, 4) is 0 Å². The van der Waals surface area contributed by atoms with E-state index in [9.17, 15) is 0 Å². The van der Waals surface area contributed by atoms with Gasteiger partial charge < -0.3 is 15.0 Å². The highest BCUT2D eigenvalue weighted by molar-refractivity contribution is 4.82. The van der Waals surface area contributed by atoms with E-state index in [1.54, 1.807) is 7.11 Å². The normalized spacial score (nSPS) is 28.2. The summed E-state index contributed by atoms with van der Waals surface area (Å²) >= 11 is 0. The van der Waals surface area contributed by atoms with Gasteiger partial charge in [0.25, 0.3) is 0 Å². The molecular weight excluding hydrogens is 188 g/mol. The van der Waals surface area contributed by atoms with Crippen LogP contribution in [-0.4, -0.2) is 50.8 Å². The van der Waals surface area contributed by atoms with E-state index >= 15 is 0 Å². The van der Waals surface area contributed by atoms with E-state index in [0.717, 1.165) is 31.5 Å². The second kappa shape index (κ2) is 7.20. The fourth-order valence-corrected chi connectivity index (χ4v) is 2.43. The van der Waals surface area contributed by atoms with Gasteiger partial charge in [-0.2, -0.15) is 0 Å². The van der Waals surface area contributed by atoms with Gasteiger partial charge in [-0.15, -0.1) is 0 Å². The van der Waals surface area contributed by atoms with Crippen molar-refractivity contribution in [3.63, 3.8) is 0 Å². The summed E-state index contributed by atoms with van der Waals surface area (Å²) in [5, 5.41) is 3.57. The fourth-order valence-electron chi connectivity index (χ4n) is 2.43. The molecule has 90 valence electrons. The van der Waals surface area contributed by atoms with Gasteiger partial charge in [0.05, 0.1) is 0 Å². The highest BCUT2D eigenvalue weighted by atomic mass is 16.5. The lowest BCUT2D eigenvalue weighted by atomic mass is 9.94. The zero-order chi connectivity index (χ0) is 11.1. The molecule has 1 aliphatic rings. The van der Waals surface area contributed by atoms with Crippen LogP contribution in [0.2, 0.25) is 0 Å². The maximum absolute atomic E-state index is 5.08. The molecule has 0 aromatic heterocycles. The Bertz CT molecular complexity index is 164. The zero-order valence-electron chi connectivity index (χ0n) is 10.5. The molecule has 0 aliphatic carbocycles. The van der Waals surface area contributed by atoms with Crippen LogP contribution in [0.1, 0.15) is 26.7 Å². The highest BCUT2D eigenvalue weighted by Crippen LogP contribution is 2.16. The van der Waals surface area contributed by atoms with Crippen LogP contribution in [0.15, 0.2) is 0 Å². The summed E-state index contributed by atoms with van der Waals surface area (Å²) in [6.45, 7) is 10.2. The number of nitrogens with zero attached hydrogens (tertiary/aromatic N) is 1. The lowest BCUT2D eigenvalue weighted by molar-refractivity contribution is 0.126. The molecule has 3 nitrogen and oxygen atoms in total. The van der Waals surface area contributed by atoms with Crippen molar-refractivity contribution in [3.05, 3.63) is 0 Å². The molecule has 1 heterocycles. The van der Waals surface area contributed by atoms with Crippen molar-refractivity contribution in [2.75, 3.05) is 39.9 Å². The molecule has 1 fully saturated rings. The molecule has 0 spiro atoms. The van der Waals surface area contributed by atoms with E-state index in [0.29, 0.717) is 0 Å². The molecular formula is C12H26N2O. The summed E-state index contributed by atoms with van der Waals surface area (Å²) in [7, 11) is 1.78. The van der Waals surface area contributed by atoms with Crippen LogP contribution in [0.25, 0.3) is 0 Å². The van der Waals surface area contributed by atoms with E-state index in [1.165, 1.54) is 26.1 Å². The molecule has 0 amide bonds. The van der Waals surface area contributed by atoms with E-state index < -0.39 is 0 Å². The molecule has 1 N–H and O–H groups in total. The third-order valence-corrected chi connectivity index (χ3v) is 3.28. The summed E-state index contributed by atoms with van der Waals surface area (Å²) in [5.41, 5.74) is 0. The summed E-state index contributed by atoms with van der Waals surface area (Å²) < 4.78 is 5.08. The number of hydrogen-bond acceptors (Lipinski definition) is 3. The van der Waals surface area contributed by atoms with Crippen molar-refractivity contribution in [2.24, 2.45) is 5.92 Å². The van der Waals surface area contributed by atoms with Crippen LogP contribution in [-0.2, 0) is 4.74 Å². The molecule has 0 bridgehead atoms. The molecule has 1 aliphatic heterocycles. The van der Waals surface area contributed by atoms with Crippen LogP contribution in [0.3, 0.4) is 0 Å². The molecule has 0 saturated carbocycles. The van der Waals surface area contributed by atoms with Crippen molar-refractivity contribution in [1.29, 1.82) is 0 Å². The first-order chi connectivity index (χ1) is 7.27. The first kappa shape index (κ1) is 12.9. The number of hydrogen-bond donors (Lipinski definition) is 1. The number of piperidine rings is 1. The quantitative estimate of drug-likeness (QED) is 0.675. The molecule has 0 aromatic rings. The molecule has 0 radical (unpaired) electrons. The third-order valence-electron chi connectivity index (χ3n) is 3.28. The topological polar surface area (TPSA) is 24.5 Å². The molecule has 1 saturated heterocycles. The Hall–Kier alpha value is -0.120. The number of likely N-dealkylation sites (tertiary alicyclic amines) is 1. The second-order valence-electron chi connectivity index (χ2n) is 4.58. The standard InChI is InChI=1S/C12H26N2O/c1-4-13-12-6-8-14(10-11(12)2)7-5-9-15-3/h11-13H,4-10H2,1-3H3. The van der Waals surface area contributed by atoms with Crippen molar-refractivity contribution in [1.82, 2.24) is 10.2 Å². The van der Waals surface area contributed by atoms with Gasteiger partial charge in [-0.05, 0) is 31.8 Å². The van der Waals surface area contributed by atoms with Crippen molar-refractivity contribution in [2.45, 2.75) is 32.7 Å². The third kappa shape index (κ3) is 4.49. The van der Waals surface area contributed by atoms with Gasteiger partial charge in [0.2, 0.25) is 0 Å². The molecule has 0 aromatic carbocycles. The van der Waals surface area contributed by atoms with E-state index in [2.05, 4.69) is 24.1 Å². The lowest BCUT2D eigenvalue weighted by Crippen LogP contribution is -2.48. The van der Waals surface area contributed by atoms with Gasteiger partial charge in [0, 0.05) is 32.8 Å². The minimum atomic E-state index is 0.730. The van der Waals surface area contributed by atoms with E-state index in [-0.39, 0.29) is 0 Å². The van der Waals surface area contributed by atoms with E-state index in [4.69, 9.17) is 4.74 Å². The lowest BCUT2D eigenvalue weighted by Gasteiger charge is -2.37. The van der Waals surface area contributed by atoms with Gasteiger partial charge in [-0.1, -0.05) is 13.8 Å². The number of methoxy groups -OCH3 is 1. The first-order valence-corrected chi connectivity index (χ1v) is 6.22. The number of ether oxygens (including phenoxy) is 1. The summed E-state index contributed by atoms with van der Waals surface area (Å²) in [6.07, 6.45) is 2.46. The second-order valence-corrected chi connectivity index (χ2v) is 4.58. The van der Waals surface area contributed by atoms with Crippen LogP contribution in [0.5, 0.6) is 0 Å². The van der Waals surface area contributed by atoms with Crippen LogP contribution in [0.4, 0.5) is 0 Å². The van der Waals surface area contributed by atoms with Crippen LogP contribution >= 0.6 is 0 Å². The highest BCUT2D eigenvalue weighted by Gasteiger charge is 2.24. The Morgan fingerprint density at radius 2 is 2.27 bits per heavy atom. The summed E-state index contributed by atoms with van der Waals surface area (Å²) in [6, 6.07) is 0.730. The van der Waals surface area contributed by atoms with Gasteiger partial charge >= 0.3 is 0 Å². The monoisotopic (exact) mass is 214 g/mol. The summed E-state index contributed by atoms with van der Waals surface area (Å²) in [5.74, 6) is 0.779. The van der Waals surface area contributed by atoms with Gasteiger partial charge in [0.1, 0.15) is 0 Å². The maximum atomic E-state index is 5.08. The van der Waals surface area contributed by atoms with Gasteiger partial charge in [-0.25, -0.2) is 0 Å². The SMILES string of the molecule is CCNC1CCN(CCCOC)CC1C. The Kier molecular flexibility index (Phi) is 6.22. The van der Waals surface area contributed by atoms with Crippen molar-refractivity contribution >= 4 is 0 Å². The average molecular weight is 214 g/mol. The first-order valence-electron chi connectivity index (χ1n) is 6.22. The zero-order valence-corrected chi connectivity index (χ0v) is 10.5. The smallest absolute Gasteiger partial charge is 0.0474 e. The molecule has 15 heavy (non-hydrogen) atoms. The number of rotatable bonds is 6. The fraction of sp³-hybridized carbons (Fsp3) is 1.00. The Morgan fingerprint density at radius 1 is 1.47 bits per heavy atom. The molecule has 2 atom stereocenters. The molecule has 2 unspecified atom stereocenters. The van der Waals surface area contributed by atoms with Crippen molar-refractivity contribution < 1.29 is 4.74 Å².